The number of hydrogen-bond donors (Lipinski definition) is 5. The number of nitrogens with one attached hydrogen (secondary N) is 4. The number of carbonyl (C=O) groups excluding carboxylic acids is 2. The Hall–Kier alpha value is -3.03. The SMILES string of the molecule is O=C(CNC(=O)N[C@@H](Cc1c[nH]c2ccccc12)C(=O)O)NC1CCCC1. The molecule has 1 aromatic carbocycles. The number of H-pyrrole nitrogens is 1. The van der Waals surface area contributed by atoms with Gasteiger partial charge in [0.2, 0.25) is 5.91 Å². The van der Waals surface area contributed by atoms with Gasteiger partial charge in [-0.05, 0) is 24.5 Å². The van der Waals surface area contributed by atoms with Gasteiger partial charge in [0.15, 0.2) is 0 Å². The fourth-order valence-electron chi connectivity index (χ4n) is 3.44. The van der Waals surface area contributed by atoms with Crippen molar-refractivity contribution < 1.29 is 19.5 Å². The number of rotatable bonds is 7. The maximum atomic E-state index is 12.0. The normalized spacial score (nSPS) is 15.4. The first-order chi connectivity index (χ1) is 13.0. The smallest absolute Gasteiger partial charge is 0.326 e. The molecule has 2 aromatic rings. The molecular formula is C19H24N4O4. The highest BCUT2D eigenvalue weighted by atomic mass is 16.4. The summed E-state index contributed by atoms with van der Waals surface area (Å²) in [4.78, 5) is 38.5. The molecule has 0 spiro atoms. The van der Waals surface area contributed by atoms with Gasteiger partial charge in [-0.2, -0.15) is 0 Å². The van der Waals surface area contributed by atoms with E-state index in [0.717, 1.165) is 42.1 Å². The maximum absolute atomic E-state index is 12.0. The number of aromatic nitrogens is 1. The lowest BCUT2D eigenvalue weighted by atomic mass is 10.1. The molecule has 1 aliphatic carbocycles. The zero-order valence-corrected chi connectivity index (χ0v) is 15.0. The molecule has 3 rings (SSSR count). The minimum absolute atomic E-state index is 0.140. The standard InChI is InChI=1S/C19H24N4O4/c24-17(22-13-5-1-2-6-13)11-21-19(27)23-16(18(25)26)9-12-10-20-15-8-4-3-7-14(12)15/h3-4,7-8,10,13,16,20H,1-2,5-6,9,11H2,(H,22,24)(H,25,26)(H2,21,23,27)/t16-/m0/s1. The molecule has 27 heavy (non-hydrogen) atoms. The number of hydrogen-bond acceptors (Lipinski definition) is 3. The lowest BCUT2D eigenvalue weighted by Gasteiger charge is -2.16. The van der Waals surface area contributed by atoms with Crippen molar-refractivity contribution in [2.45, 2.75) is 44.2 Å². The summed E-state index contributed by atoms with van der Waals surface area (Å²) in [6.45, 7) is -0.179. The summed E-state index contributed by atoms with van der Waals surface area (Å²) in [6, 6.07) is 5.96. The van der Waals surface area contributed by atoms with E-state index in [1.54, 1.807) is 6.20 Å². The van der Waals surface area contributed by atoms with Gasteiger partial charge in [0.05, 0.1) is 6.54 Å². The molecule has 3 amide bonds. The van der Waals surface area contributed by atoms with Crippen LogP contribution in [-0.4, -0.2) is 46.6 Å². The lowest BCUT2D eigenvalue weighted by Crippen LogP contribution is -2.49. The van der Waals surface area contributed by atoms with Crippen LogP contribution in [0.25, 0.3) is 10.9 Å². The fourth-order valence-corrected chi connectivity index (χ4v) is 3.44. The van der Waals surface area contributed by atoms with Crippen molar-refractivity contribution in [3.05, 3.63) is 36.0 Å². The third-order valence-electron chi connectivity index (χ3n) is 4.83. The molecule has 1 fully saturated rings. The summed E-state index contributed by atoms with van der Waals surface area (Å²) in [5, 5.41) is 18.1. The summed E-state index contributed by atoms with van der Waals surface area (Å²) in [5.41, 5.74) is 1.71. The fraction of sp³-hybridized carbons (Fsp3) is 0.421. The van der Waals surface area contributed by atoms with Gasteiger partial charge in [-0.15, -0.1) is 0 Å². The Morgan fingerprint density at radius 2 is 1.93 bits per heavy atom. The zero-order chi connectivity index (χ0) is 19.2. The molecule has 0 bridgehead atoms. The molecule has 5 N–H and O–H groups in total. The van der Waals surface area contributed by atoms with Crippen LogP contribution in [0.15, 0.2) is 30.5 Å². The number of para-hydroxylation sites is 1. The number of carbonyl (C=O) groups is 3. The van der Waals surface area contributed by atoms with Crippen molar-refractivity contribution in [2.75, 3.05) is 6.54 Å². The second-order valence-electron chi connectivity index (χ2n) is 6.83. The molecule has 8 nitrogen and oxygen atoms in total. The van der Waals surface area contributed by atoms with E-state index in [-0.39, 0.29) is 24.9 Å². The summed E-state index contributed by atoms with van der Waals surface area (Å²) in [7, 11) is 0. The van der Waals surface area contributed by atoms with E-state index in [9.17, 15) is 19.5 Å². The van der Waals surface area contributed by atoms with E-state index in [1.807, 2.05) is 24.3 Å². The quantitative estimate of drug-likeness (QED) is 0.505. The van der Waals surface area contributed by atoms with Gasteiger partial charge in [-0.3, -0.25) is 4.79 Å². The maximum Gasteiger partial charge on any atom is 0.326 e. The second-order valence-corrected chi connectivity index (χ2v) is 6.83. The molecular weight excluding hydrogens is 348 g/mol. The van der Waals surface area contributed by atoms with Crippen molar-refractivity contribution >= 4 is 28.8 Å². The monoisotopic (exact) mass is 372 g/mol. The minimum Gasteiger partial charge on any atom is -0.480 e. The molecule has 1 heterocycles. The molecule has 144 valence electrons. The highest BCUT2D eigenvalue weighted by molar-refractivity contribution is 5.88. The van der Waals surface area contributed by atoms with Crippen molar-refractivity contribution in [1.82, 2.24) is 20.9 Å². The van der Waals surface area contributed by atoms with E-state index < -0.39 is 18.0 Å². The summed E-state index contributed by atoms with van der Waals surface area (Å²) in [6.07, 6.45) is 6.02. The number of fused-ring (bicyclic) bond motifs is 1. The van der Waals surface area contributed by atoms with Crippen LogP contribution in [-0.2, 0) is 16.0 Å². The number of aliphatic carboxylic acids is 1. The van der Waals surface area contributed by atoms with Crippen LogP contribution < -0.4 is 16.0 Å². The van der Waals surface area contributed by atoms with Crippen LogP contribution in [0.2, 0.25) is 0 Å². The number of benzene rings is 1. The largest absolute Gasteiger partial charge is 0.480 e. The molecule has 0 saturated heterocycles. The van der Waals surface area contributed by atoms with Crippen LogP contribution in [0.4, 0.5) is 4.79 Å². The predicted octanol–water partition coefficient (Wildman–Crippen LogP) is 1.52. The first kappa shape index (κ1) is 18.8. The molecule has 0 aliphatic heterocycles. The molecule has 0 radical (unpaired) electrons. The van der Waals surface area contributed by atoms with E-state index in [4.69, 9.17) is 0 Å². The molecule has 1 aliphatic rings. The van der Waals surface area contributed by atoms with Gasteiger partial charge in [0.25, 0.3) is 0 Å². The predicted molar refractivity (Wildman–Crippen MR) is 100 cm³/mol. The summed E-state index contributed by atoms with van der Waals surface area (Å²) >= 11 is 0. The van der Waals surface area contributed by atoms with Gasteiger partial charge in [0.1, 0.15) is 6.04 Å². The van der Waals surface area contributed by atoms with Crippen LogP contribution >= 0.6 is 0 Å². The molecule has 1 saturated carbocycles. The minimum atomic E-state index is -1.13. The van der Waals surface area contributed by atoms with Gasteiger partial charge in [-0.1, -0.05) is 31.0 Å². The number of urea groups is 1. The van der Waals surface area contributed by atoms with E-state index in [0.29, 0.717) is 0 Å². The summed E-state index contributed by atoms with van der Waals surface area (Å²) < 4.78 is 0. The highest BCUT2D eigenvalue weighted by Gasteiger charge is 2.22. The van der Waals surface area contributed by atoms with Crippen molar-refractivity contribution in [3.63, 3.8) is 0 Å². The number of amides is 3. The Morgan fingerprint density at radius 1 is 1.19 bits per heavy atom. The zero-order valence-electron chi connectivity index (χ0n) is 15.0. The van der Waals surface area contributed by atoms with Crippen molar-refractivity contribution in [3.8, 4) is 0 Å². The Balaban J connectivity index is 1.52. The average Bonchev–Trinajstić information content (AvgIpc) is 3.29. The average molecular weight is 372 g/mol. The molecule has 0 unspecified atom stereocenters. The number of carboxylic acids is 1. The third-order valence-corrected chi connectivity index (χ3v) is 4.83. The number of carboxylic acid groups (broad SMARTS) is 1. The van der Waals surface area contributed by atoms with Gasteiger partial charge >= 0.3 is 12.0 Å². The molecule has 1 aromatic heterocycles. The van der Waals surface area contributed by atoms with Crippen LogP contribution in [0.5, 0.6) is 0 Å². The van der Waals surface area contributed by atoms with Gasteiger partial charge < -0.3 is 26.0 Å². The van der Waals surface area contributed by atoms with E-state index in [1.165, 1.54) is 0 Å². The second kappa shape index (κ2) is 8.57. The first-order valence-electron chi connectivity index (χ1n) is 9.14. The topological polar surface area (TPSA) is 123 Å². The Bertz CT molecular complexity index is 826. The van der Waals surface area contributed by atoms with Crippen molar-refractivity contribution in [2.24, 2.45) is 0 Å². The van der Waals surface area contributed by atoms with Crippen LogP contribution in [0.3, 0.4) is 0 Å². The lowest BCUT2D eigenvalue weighted by molar-refractivity contribution is -0.139. The van der Waals surface area contributed by atoms with Crippen LogP contribution in [0, 0.1) is 0 Å². The van der Waals surface area contributed by atoms with Crippen LogP contribution in [0.1, 0.15) is 31.2 Å². The molecule has 8 heteroatoms. The van der Waals surface area contributed by atoms with Gasteiger partial charge in [-0.25, -0.2) is 9.59 Å². The summed E-state index contributed by atoms with van der Waals surface area (Å²) in [5.74, 6) is -1.40. The highest BCUT2D eigenvalue weighted by Crippen LogP contribution is 2.19. The number of aromatic amines is 1. The Morgan fingerprint density at radius 3 is 2.67 bits per heavy atom. The molecule has 1 atom stereocenters. The Labute approximate surface area is 156 Å². The Kier molecular flexibility index (Phi) is 5.95. The third kappa shape index (κ3) is 4.99. The first-order valence-corrected chi connectivity index (χ1v) is 9.14. The van der Waals surface area contributed by atoms with Gasteiger partial charge in [0, 0.05) is 29.6 Å². The van der Waals surface area contributed by atoms with E-state index >= 15 is 0 Å². The van der Waals surface area contributed by atoms with E-state index in [2.05, 4.69) is 20.9 Å². The van der Waals surface area contributed by atoms with Crippen molar-refractivity contribution in [1.29, 1.82) is 0 Å².